The van der Waals surface area contributed by atoms with E-state index < -0.39 is 29.5 Å². The summed E-state index contributed by atoms with van der Waals surface area (Å²) < 4.78 is 24.2. The molecule has 2 amide bonds. The molecule has 0 aromatic heterocycles. The van der Waals surface area contributed by atoms with Crippen LogP contribution in [0.4, 0.5) is 4.39 Å². The Balaban J connectivity index is 1.43. The number of halogens is 1. The summed E-state index contributed by atoms with van der Waals surface area (Å²) in [5, 5.41) is 0. The molecular weight excluding hydrogens is 403 g/mol. The molecule has 1 atom stereocenters. The van der Waals surface area contributed by atoms with Crippen molar-refractivity contribution in [3.63, 3.8) is 0 Å². The molecule has 1 heterocycles. The van der Waals surface area contributed by atoms with E-state index in [0.717, 1.165) is 0 Å². The number of hydrazine groups is 1. The van der Waals surface area contributed by atoms with Crippen molar-refractivity contribution in [2.75, 3.05) is 6.61 Å². The van der Waals surface area contributed by atoms with Gasteiger partial charge >= 0.3 is 0 Å². The maximum atomic E-state index is 13.1. The van der Waals surface area contributed by atoms with Gasteiger partial charge in [0.1, 0.15) is 12.4 Å². The Morgan fingerprint density at radius 2 is 1.45 bits per heavy atom. The summed E-state index contributed by atoms with van der Waals surface area (Å²) >= 11 is 0. The highest BCUT2D eigenvalue weighted by molar-refractivity contribution is 6.15. The van der Waals surface area contributed by atoms with E-state index in [1.807, 2.05) is 0 Å². The van der Waals surface area contributed by atoms with Gasteiger partial charge in [0.2, 0.25) is 6.10 Å². The number of ether oxygens (including phenoxy) is 2. The van der Waals surface area contributed by atoms with E-state index in [4.69, 9.17) is 9.47 Å². The Bertz CT molecular complexity index is 1150. The van der Waals surface area contributed by atoms with Gasteiger partial charge in [0.15, 0.2) is 17.3 Å². The molecule has 31 heavy (non-hydrogen) atoms. The van der Waals surface area contributed by atoms with Gasteiger partial charge in [0, 0.05) is 11.1 Å². The largest absolute Gasteiger partial charge is 0.485 e. The van der Waals surface area contributed by atoms with Crippen molar-refractivity contribution in [3.05, 3.63) is 95.3 Å². The van der Waals surface area contributed by atoms with Crippen LogP contribution in [0.5, 0.6) is 11.5 Å². The molecule has 0 saturated heterocycles. The first-order valence-electron chi connectivity index (χ1n) is 9.41. The number of amides is 2. The number of ketones is 1. The second-order valence-corrected chi connectivity index (χ2v) is 6.69. The van der Waals surface area contributed by atoms with Crippen molar-refractivity contribution < 1.29 is 28.2 Å². The molecule has 4 rings (SSSR count). The summed E-state index contributed by atoms with van der Waals surface area (Å²) in [5.41, 5.74) is 4.99. The standard InChI is InChI=1S/C23H17FN2O5/c24-15-11-9-14(10-12-15)21(27)16-5-1-2-6-17(16)22(28)25-26-23(29)20-13-30-18-7-3-4-8-19(18)31-20/h1-12,20H,13H2,(H,25,28)(H,26,29)/t20-/m1/s1. The van der Waals surface area contributed by atoms with Crippen molar-refractivity contribution in [3.8, 4) is 11.5 Å². The number of carbonyl (C=O) groups excluding carboxylic acids is 3. The normalized spacial score (nSPS) is 14.4. The number of fused-ring (bicyclic) bond motifs is 1. The fourth-order valence-electron chi connectivity index (χ4n) is 3.05. The summed E-state index contributed by atoms with van der Waals surface area (Å²) in [6.07, 6.45) is -0.953. The number of hydrogen-bond donors (Lipinski definition) is 2. The number of carbonyl (C=O) groups is 3. The van der Waals surface area contributed by atoms with Crippen molar-refractivity contribution >= 4 is 17.6 Å². The smallest absolute Gasteiger partial charge is 0.283 e. The van der Waals surface area contributed by atoms with E-state index in [9.17, 15) is 18.8 Å². The van der Waals surface area contributed by atoms with Gasteiger partial charge in [0.25, 0.3) is 11.8 Å². The fraction of sp³-hybridized carbons (Fsp3) is 0.0870. The van der Waals surface area contributed by atoms with E-state index in [2.05, 4.69) is 10.9 Å². The first kappa shape index (κ1) is 20.1. The Morgan fingerprint density at radius 1 is 0.806 bits per heavy atom. The summed E-state index contributed by atoms with van der Waals surface area (Å²) in [6, 6.07) is 18.1. The number of nitrogens with one attached hydrogen (secondary N) is 2. The molecule has 8 heteroatoms. The van der Waals surface area contributed by atoms with Crippen LogP contribution in [0.1, 0.15) is 26.3 Å². The lowest BCUT2D eigenvalue weighted by molar-refractivity contribution is -0.131. The van der Waals surface area contributed by atoms with Crippen LogP contribution in [-0.2, 0) is 4.79 Å². The molecule has 1 aliphatic rings. The van der Waals surface area contributed by atoms with Crippen molar-refractivity contribution in [2.45, 2.75) is 6.10 Å². The third-order valence-corrected chi connectivity index (χ3v) is 4.62. The average Bonchev–Trinajstić information content (AvgIpc) is 2.82. The molecule has 0 unspecified atom stereocenters. The third-order valence-electron chi connectivity index (χ3n) is 4.62. The molecule has 3 aromatic carbocycles. The molecule has 7 nitrogen and oxygen atoms in total. The first-order valence-corrected chi connectivity index (χ1v) is 9.41. The number of rotatable bonds is 4. The monoisotopic (exact) mass is 420 g/mol. The van der Waals surface area contributed by atoms with E-state index in [1.165, 1.54) is 36.4 Å². The van der Waals surface area contributed by atoms with Crippen LogP contribution >= 0.6 is 0 Å². The molecular formula is C23H17FN2O5. The maximum Gasteiger partial charge on any atom is 0.283 e. The van der Waals surface area contributed by atoms with Gasteiger partial charge in [-0.1, -0.05) is 30.3 Å². The van der Waals surface area contributed by atoms with Crippen molar-refractivity contribution in [2.24, 2.45) is 0 Å². The third kappa shape index (κ3) is 4.37. The lowest BCUT2D eigenvalue weighted by Gasteiger charge is -2.25. The molecule has 2 N–H and O–H groups in total. The van der Waals surface area contributed by atoms with Crippen LogP contribution in [0, 0.1) is 5.82 Å². The Kier molecular flexibility index (Phi) is 5.61. The molecule has 0 radical (unpaired) electrons. The summed E-state index contributed by atoms with van der Waals surface area (Å²) in [5.74, 6) is -1.25. The Hall–Kier alpha value is -4.20. The highest BCUT2D eigenvalue weighted by atomic mass is 19.1. The van der Waals surface area contributed by atoms with Gasteiger partial charge in [-0.15, -0.1) is 0 Å². The average molecular weight is 420 g/mol. The minimum atomic E-state index is -0.953. The van der Waals surface area contributed by atoms with Crippen LogP contribution in [0.25, 0.3) is 0 Å². The van der Waals surface area contributed by atoms with Crippen LogP contribution in [-0.4, -0.2) is 30.3 Å². The first-order chi connectivity index (χ1) is 15.0. The Morgan fingerprint density at radius 3 is 2.19 bits per heavy atom. The van der Waals surface area contributed by atoms with Crippen LogP contribution in [0.15, 0.2) is 72.8 Å². The summed E-state index contributed by atoms with van der Waals surface area (Å²) in [4.78, 5) is 37.8. The zero-order valence-corrected chi connectivity index (χ0v) is 16.1. The maximum absolute atomic E-state index is 13.1. The van der Waals surface area contributed by atoms with Crippen molar-refractivity contribution in [1.29, 1.82) is 0 Å². The molecule has 0 aliphatic carbocycles. The van der Waals surface area contributed by atoms with Gasteiger partial charge in [-0.2, -0.15) is 0 Å². The minimum Gasteiger partial charge on any atom is -0.485 e. The number of para-hydroxylation sites is 2. The van der Waals surface area contributed by atoms with Gasteiger partial charge in [0.05, 0.1) is 5.56 Å². The van der Waals surface area contributed by atoms with E-state index in [-0.39, 0.29) is 23.3 Å². The van der Waals surface area contributed by atoms with E-state index >= 15 is 0 Å². The molecule has 0 bridgehead atoms. The summed E-state index contributed by atoms with van der Waals surface area (Å²) in [7, 11) is 0. The second-order valence-electron chi connectivity index (χ2n) is 6.69. The lowest BCUT2D eigenvalue weighted by atomic mass is 9.98. The van der Waals surface area contributed by atoms with Gasteiger partial charge < -0.3 is 9.47 Å². The fourth-order valence-corrected chi connectivity index (χ4v) is 3.05. The van der Waals surface area contributed by atoms with Crippen molar-refractivity contribution in [1.82, 2.24) is 10.9 Å². The Labute approximate surface area is 176 Å². The SMILES string of the molecule is O=C(NNC(=O)[C@H]1COc2ccccc2O1)c1ccccc1C(=O)c1ccc(F)cc1. The molecule has 3 aromatic rings. The second kappa shape index (κ2) is 8.66. The van der Waals surface area contributed by atoms with E-state index in [1.54, 1.807) is 36.4 Å². The van der Waals surface area contributed by atoms with Crippen LogP contribution in [0.2, 0.25) is 0 Å². The topological polar surface area (TPSA) is 93.7 Å². The lowest BCUT2D eigenvalue weighted by Crippen LogP contribution is -2.51. The summed E-state index contributed by atoms with van der Waals surface area (Å²) in [6.45, 7) is -0.0155. The molecule has 0 fully saturated rings. The van der Waals surface area contributed by atoms with Crippen LogP contribution < -0.4 is 20.3 Å². The molecule has 156 valence electrons. The van der Waals surface area contributed by atoms with Gasteiger partial charge in [-0.3, -0.25) is 25.2 Å². The predicted molar refractivity (Wildman–Crippen MR) is 108 cm³/mol. The zero-order chi connectivity index (χ0) is 21.8. The molecule has 0 spiro atoms. The number of benzene rings is 3. The minimum absolute atomic E-state index is 0.0155. The van der Waals surface area contributed by atoms with Crippen LogP contribution in [0.3, 0.4) is 0 Å². The molecule has 1 aliphatic heterocycles. The number of hydrogen-bond acceptors (Lipinski definition) is 5. The van der Waals surface area contributed by atoms with Gasteiger partial charge in [-0.05, 0) is 42.5 Å². The highest BCUT2D eigenvalue weighted by Gasteiger charge is 2.28. The quantitative estimate of drug-likeness (QED) is 0.500. The van der Waals surface area contributed by atoms with Gasteiger partial charge in [-0.25, -0.2) is 4.39 Å². The van der Waals surface area contributed by atoms with E-state index in [0.29, 0.717) is 11.5 Å². The molecule has 0 saturated carbocycles. The highest BCUT2D eigenvalue weighted by Crippen LogP contribution is 2.30. The zero-order valence-electron chi connectivity index (χ0n) is 16.1. The predicted octanol–water partition coefficient (Wildman–Crippen LogP) is 2.66.